The number of nitrogen functional groups attached to an aromatic ring is 2. The lowest BCUT2D eigenvalue weighted by Gasteiger charge is -2.21. The third-order valence-electron chi connectivity index (χ3n) is 10.2. The van der Waals surface area contributed by atoms with Crippen molar-refractivity contribution >= 4 is 66.4 Å². The Morgan fingerprint density at radius 1 is 0.625 bits per heavy atom. The quantitative estimate of drug-likeness (QED) is 0.156. The first-order valence-electron chi connectivity index (χ1n) is 18.5. The summed E-state index contributed by atoms with van der Waals surface area (Å²) in [6.07, 6.45) is 6.85. The van der Waals surface area contributed by atoms with Crippen LogP contribution in [0.15, 0.2) is 94.2 Å². The lowest BCUT2D eigenvalue weighted by Crippen LogP contribution is -2.08. The highest BCUT2D eigenvalue weighted by Crippen LogP contribution is 2.48. The Kier molecular flexibility index (Phi) is 9.14. The van der Waals surface area contributed by atoms with Crippen LogP contribution in [0.1, 0.15) is 55.4 Å². The summed E-state index contributed by atoms with van der Waals surface area (Å²) in [5, 5.41) is 1.56. The number of thiophene rings is 2. The number of hydrogen-bond acceptors (Lipinski definition) is 12. The van der Waals surface area contributed by atoms with E-state index >= 15 is 0 Å². The topological polar surface area (TPSA) is 157 Å². The minimum atomic E-state index is -0.410. The number of carbonyl (C=O) groups is 2. The summed E-state index contributed by atoms with van der Waals surface area (Å²) in [5.41, 5.74) is 24.5. The fourth-order valence-corrected chi connectivity index (χ4v) is 9.85. The van der Waals surface area contributed by atoms with Gasteiger partial charge >= 0.3 is 11.9 Å². The van der Waals surface area contributed by atoms with Crippen LogP contribution in [0.5, 0.6) is 0 Å². The third kappa shape index (κ3) is 5.84. The molecule has 6 heterocycles. The molecule has 2 aliphatic carbocycles. The van der Waals surface area contributed by atoms with E-state index in [0.717, 1.165) is 102 Å². The zero-order valence-corrected chi connectivity index (χ0v) is 32.3. The Morgan fingerprint density at radius 3 is 1.45 bits per heavy atom. The number of hydrogen-bond donors (Lipinski definition) is 2. The summed E-state index contributed by atoms with van der Waals surface area (Å²) >= 11 is 2.56. The molecular weight excluding hydrogens is 745 g/mol. The molecule has 2 aromatic carbocycles. The minimum absolute atomic E-state index is 0.300. The van der Waals surface area contributed by atoms with E-state index in [2.05, 4.69) is 36.4 Å². The van der Waals surface area contributed by atoms with Crippen molar-refractivity contribution in [2.24, 2.45) is 0 Å². The molecule has 280 valence electrons. The number of anilines is 2. The molecule has 2 aliphatic rings. The number of rotatable bonds is 6. The second-order valence-electron chi connectivity index (χ2n) is 13.4. The first kappa shape index (κ1) is 35.5. The van der Waals surface area contributed by atoms with Crippen LogP contribution in [0.4, 0.5) is 11.4 Å². The maximum Gasteiger partial charge on any atom is 0.350 e. The molecule has 56 heavy (non-hydrogen) atoms. The van der Waals surface area contributed by atoms with Crippen molar-refractivity contribution in [3.05, 3.63) is 117 Å². The first-order valence-corrected chi connectivity index (χ1v) is 20.1. The van der Waals surface area contributed by atoms with Gasteiger partial charge in [-0.15, -0.1) is 22.7 Å². The van der Waals surface area contributed by atoms with Crippen molar-refractivity contribution in [1.29, 1.82) is 0 Å². The van der Waals surface area contributed by atoms with Gasteiger partial charge in [0.05, 0.1) is 48.5 Å². The third-order valence-corrected chi connectivity index (χ3v) is 12.4. The Morgan fingerprint density at radius 2 is 1.05 bits per heavy atom. The average molecular weight is 781 g/mol. The fourth-order valence-electron chi connectivity index (χ4n) is 7.85. The van der Waals surface area contributed by atoms with Gasteiger partial charge in [0.15, 0.2) is 0 Å². The van der Waals surface area contributed by atoms with Crippen molar-refractivity contribution in [3.63, 3.8) is 0 Å². The monoisotopic (exact) mass is 780 g/mol. The Bertz CT molecular complexity index is 2610. The van der Waals surface area contributed by atoms with Crippen molar-refractivity contribution in [2.45, 2.75) is 39.5 Å². The lowest BCUT2D eigenvalue weighted by atomic mass is 9.85. The summed E-state index contributed by atoms with van der Waals surface area (Å²) in [6, 6.07) is 24.2. The van der Waals surface area contributed by atoms with Gasteiger partial charge in [0, 0.05) is 33.0 Å². The molecule has 6 aromatic heterocycles. The number of aromatic nitrogens is 2. The van der Waals surface area contributed by atoms with E-state index in [0.29, 0.717) is 34.3 Å². The highest BCUT2D eigenvalue weighted by molar-refractivity contribution is 7.21. The van der Waals surface area contributed by atoms with Crippen LogP contribution < -0.4 is 11.5 Å². The Labute approximate surface area is 329 Å². The van der Waals surface area contributed by atoms with Gasteiger partial charge in [-0.3, -0.25) is 0 Å². The maximum atomic E-state index is 12.4. The summed E-state index contributed by atoms with van der Waals surface area (Å²) in [6.45, 7) is 4.16. The van der Waals surface area contributed by atoms with Gasteiger partial charge in [-0.25, -0.2) is 19.6 Å². The number of aryl methyl sites for hydroxylation is 2. The van der Waals surface area contributed by atoms with Crippen LogP contribution in [0.25, 0.3) is 65.6 Å². The molecule has 10 nitrogen and oxygen atoms in total. The second-order valence-corrected chi connectivity index (χ2v) is 15.4. The van der Waals surface area contributed by atoms with Crippen molar-refractivity contribution < 1.29 is 27.9 Å². The SMILES string of the molecule is CCOC(=O)c1sc2nc3c(c(-c4ccco4)c2c1N)CCc1ccccc1-3.CCOC(=O)c1sc2nc3c(c(-c4ccco4)c2c1N)CCc1ccccc1-3. The Balaban J connectivity index is 0.000000146. The molecule has 0 spiro atoms. The summed E-state index contributed by atoms with van der Waals surface area (Å²) < 4.78 is 21.9. The average Bonchev–Trinajstić information content (AvgIpc) is 4.05. The number of esters is 2. The standard InChI is InChI=1S/2C22H18N2O3S/c2*1-2-26-22(25)20-18(23)17-16(15-8-5-11-27-15)14-10-9-12-6-3-4-7-13(12)19(14)24-21(17)28-20/h2*3-8,11H,2,9-10,23H2,1H3. The molecule has 0 aliphatic heterocycles. The highest BCUT2D eigenvalue weighted by atomic mass is 32.1. The fraction of sp³-hybridized carbons (Fsp3) is 0.182. The van der Waals surface area contributed by atoms with Crippen LogP contribution in [-0.4, -0.2) is 35.1 Å². The molecule has 12 heteroatoms. The molecule has 8 aromatic rings. The first-order chi connectivity index (χ1) is 27.4. The molecule has 0 atom stereocenters. The number of furan rings is 2. The van der Waals surface area contributed by atoms with E-state index in [4.69, 9.17) is 39.7 Å². The van der Waals surface area contributed by atoms with Crippen LogP contribution in [-0.2, 0) is 35.2 Å². The molecule has 0 unspecified atom stereocenters. The largest absolute Gasteiger partial charge is 0.464 e. The molecule has 4 N–H and O–H groups in total. The van der Waals surface area contributed by atoms with Gasteiger partial charge in [0.25, 0.3) is 0 Å². The number of ether oxygens (including phenoxy) is 2. The summed E-state index contributed by atoms with van der Waals surface area (Å²) in [5.74, 6) is 0.657. The van der Waals surface area contributed by atoms with E-state index in [1.807, 2.05) is 36.4 Å². The van der Waals surface area contributed by atoms with E-state index in [1.54, 1.807) is 26.4 Å². The van der Waals surface area contributed by atoms with Gasteiger partial charge in [-0.05, 0) is 86.1 Å². The van der Waals surface area contributed by atoms with Gasteiger partial charge in [0.1, 0.15) is 30.9 Å². The van der Waals surface area contributed by atoms with E-state index in [-0.39, 0.29) is 0 Å². The van der Waals surface area contributed by atoms with Crippen LogP contribution in [0.2, 0.25) is 0 Å². The minimum Gasteiger partial charge on any atom is -0.464 e. The van der Waals surface area contributed by atoms with Gasteiger partial charge < -0.3 is 29.8 Å². The molecule has 0 saturated carbocycles. The zero-order chi connectivity index (χ0) is 38.5. The summed E-state index contributed by atoms with van der Waals surface area (Å²) in [4.78, 5) is 36.9. The van der Waals surface area contributed by atoms with Crippen molar-refractivity contribution in [1.82, 2.24) is 9.97 Å². The number of fused-ring (bicyclic) bond motifs is 8. The Hall–Kier alpha value is -6.24. The molecule has 0 saturated heterocycles. The predicted octanol–water partition coefficient (Wildman–Crippen LogP) is 10.2. The van der Waals surface area contributed by atoms with Crippen LogP contribution >= 0.6 is 22.7 Å². The number of nitrogens with zero attached hydrogens (tertiary/aromatic N) is 2. The van der Waals surface area contributed by atoms with Gasteiger partial charge in [-0.2, -0.15) is 0 Å². The molecule has 0 radical (unpaired) electrons. The number of carbonyl (C=O) groups excluding carboxylic acids is 2. The number of nitrogens with two attached hydrogens (primary N) is 2. The highest BCUT2D eigenvalue weighted by Gasteiger charge is 2.31. The number of benzene rings is 2. The second kappa shape index (κ2) is 14.4. The normalized spacial score (nSPS) is 12.6. The molecular formula is C44H36N4O6S2. The molecule has 0 amide bonds. The van der Waals surface area contributed by atoms with Crippen LogP contribution in [0, 0.1) is 0 Å². The van der Waals surface area contributed by atoms with Crippen molar-refractivity contribution in [3.8, 4) is 45.2 Å². The molecule has 0 bridgehead atoms. The predicted molar refractivity (Wildman–Crippen MR) is 221 cm³/mol. The molecule has 0 fully saturated rings. The maximum absolute atomic E-state index is 12.4. The van der Waals surface area contributed by atoms with Gasteiger partial charge in [-0.1, -0.05) is 48.5 Å². The van der Waals surface area contributed by atoms with Crippen molar-refractivity contribution in [2.75, 3.05) is 24.7 Å². The van der Waals surface area contributed by atoms with E-state index in [1.165, 1.54) is 33.8 Å². The summed E-state index contributed by atoms with van der Waals surface area (Å²) in [7, 11) is 0. The van der Waals surface area contributed by atoms with Gasteiger partial charge in [0.2, 0.25) is 0 Å². The molecule has 10 rings (SSSR count). The number of pyridine rings is 2. The van der Waals surface area contributed by atoms with E-state index < -0.39 is 11.9 Å². The van der Waals surface area contributed by atoms with E-state index in [9.17, 15) is 9.59 Å². The smallest absolute Gasteiger partial charge is 0.350 e. The van der Waals surface area contributed by atoms with Crippen LogP contribution in [0.3, 0.4) is 0 Å². The zero-order valence-electron chi connectivity index (χ0n) is 30.6. The lowest BCUT2D eigenvalue weighted by molar-refractivity contribution is 0.0523.